The minimum absolute atomic E-state index is 0.0501. The Kier molecular flexibility index (Phi) is 6.18. The number of nitrogens with one attached hydrogen (secondary N) is 1. The standard InChI is InChI=1S/C23H20N2O7/c1-29-21-5-3-2-4-20(21)23(26)24-17-6-8-19(9-7-17)31-13-16-11-18(25(27)28)10-15-12-30-14-32-22(15)16/h2-11H,12-14H2,1H3,(H,24,26). The van der Waals surface area contributed by atoms with Crippen LogP contribution in [-0.4, -0.2) is 24.7 Å². The number of ether oxygens (including phenoxy) is 4. The van der Waals surface area contributed by atoms with Gasteiger partial charge >= 0.3 is 0 Å². The van der Waals surface area contributed by atoms with Crippen LogP contribution < -0.4 is 19.5 Å². The molecule has 164 valence electrons. The summed E-state index contributed by atoms with van der Waals surface area (Å²) in [6.07, 6.45) is 0. The Morgan fingerprint density at radius 3 is 2.69 bits per heavy atom. The number of amides is 1. The van der Waals surface area contributed by atoms with E-state index in [1.807, 2.05) is 0 Å². The first-order valence-electron chi connectivity index (χ1n) is 9.73. The van der Waals surface area contributed by atoms with Crippen molar-refractivity contribution in [2.45, 2.75) is 13.2 Å². The molecule has 4 rings (SSSR count). The SMILES string of the molecule is COc1ccccc1C(=O)Nc1ccc(OCc2cc([N+](=O)[O-])cc3c2OCOC3)cc1. The molecular weight excluding hydrogens is 416 g/mol. The van der Waals surface area contributed by atoms with E-state index in [1.54, 1.807) is 48.5 Å². The Morgan fingerprint density at radius 1 is 1.16 bits per heavy atom. The molecule has 3 aromatic rings. The quantitative estimate of drug-likeness (QED) is 0.434. The molecule has 0 aromatic heterocycles. The maximum Gasteiger partial charge on any atom is 0.270 e. The molecule has 3 aromatic carbocycles. The van der Waals surface area contributed by atoms with Gasteiger partial charge in [0.2, 0.25) is 0 Å². The highest BCUT2D eigenvalue weighted by Gasteiger charge is 2.21. The summed E-state index contributed by atoms with van der Waals surface area (Å²) in [6, 6.07) is 16.6. The molecule has 0 unspecified atom stereocenters. The van der Waals surface area contributed by atoms with Crippen LogP contribution in [0.2, 0.25) is 0 Å². The van der Waals surface area contributed by atoms with E-state index in [0.717, 1.165) is 0 Å². The molecule has 0 aliphatic carbocycles. The van der Waals surface area contributed by atoms with E-state index in [9.17, 15) is 14.9 Å². The second-order valence-electron chi connectivity index (χ2n) is 6.93. The highest BCUT2D eigenvalue weighted by molar-refractivity contribution is 6.06. The van der Waals surface area contributed by atoms with Crippen molar-refractivity contribution < 1.29 is 28.7 Å². The second-order valence-corrected chi connectivity index (χ2v) is 6.93. The van der Waals surface area contributed by atoms with Gasteiger partial charge in [0, 0.05) is 28.9 Å². The number of hydrogen-bond acceptors (Lipinski definition) is 7. The van der Waals surface area contributed by atoms with Crippen molar-refractivity contribution in [3.8, 4) is 17.2 Å². The molecule has 0 radical (unpaired) electrons. The van der Waals surface area contributed by atoms with Gasteiger partial charge < -0.3 is 24.3 Å². The van der Waals surface area contributed by atoms with E-state index in [0.29, 0.717) is 39.6 Å². The maximum atomic E-state index is 12.5. The molecule has 0 atom stereocenters. The summed E-state index contributed by atoms with van der Waals surface area (Å²) in [6.45, 7) is 0.403. The molecule has 0 saturated heterocycles. The number of nitro benzene ring substituents is 1. The third-order valence-electron chi connectivity index (χ3n) is 4.84. The Morgan fingerprint density at radius 2 is 1.94 bits per heavy atom. The third kappa shape index (κ3) is 4.62. The van der Waals surface area contributed by atoms with Crippen LogP contribution in [0.15, 0.2) is 60.7 Å². The largest absolute Gasteiger partial charge is 0.496 e. The lowest BCUT2D eigenvalue weighted by Crippen LogP contribution is -2.14. The molecule has 1 aliphatic heterocycles. The number of hydrogen-bond donors (Lipinski definition) is 1. The lowest BCUT2D eigenvalue weighted by atomic mass is 10.1. The van der Waals surface area contributed by atoms with Gasteiger partial charge in [-0.15, -0.1) is 0 Å². The molecule has 1 aliphatic rings. The predicted molar refractivity (Wildman–Crippen MR) is 115 cm³/mol. The molecule has 0 bridgehead atoms. The van der Waals surface area contributed by atoms with Crippen molar-refractivity contribution in [3.05, 3.63) is 87.5 Å². The van der Waals surface area contributed by atoms with Gasteiger partial charge in [0.1, 0.15) is 23.9 Å². The Balaban J connectivity index is 1.44. The van der Waals surface area contributed by atoms with E-state index >= 15 is 0 Å². The normalized spacial score (nSPS) is 12.3. The Labute approximate surface area is 183 Å². The summed E-state index contributed by atoms with van der Waals surface area (Å²) in [5.41, 5.74) is 2.13. The van der Waals surface area contributed by atoms with Crippen molar-refractivity contribution >= 4 is 17.3 Å². The highest BCUT2D eigenvalue weighted by atomic mass is 16.7. The van der Waals surface area contributed by atoms with Crippen LogP contribution in [-0.2, 0) is 18.0 Å². The van der Waals surface area contributed by atoms with Crippen molar-refractivity contribution in [2.75, 3.05) is 19.2 Å². The average Bonchev–Trinajstić information content (AvgIpc) is 2.83. The summed E-state index contributed by atoms with van der Waals surface area (Å²) >= 11 is 0. The number of nitro groups is 1. The van der Waals surface area contributed by atoms with Gasteiger partial charge in [0.05, 0.1) is 24.2 Å². The van der Waals surface area contributed by atoms with Crippen LogP contribution in [0.4, 0.5) is 11.4 Å². The number of fused-ring (bicyclic) bond motifs is 1. The van der Waals surface area contributed by atoms with Crippen molar-refractivity contribution in [3.63, 3.8) is 0 Å². The molecule has 9 nitrogen and oxygen atoms in total. The number of methoxy groups -OCH3 is 1. The fourth-order valence-corrected chi connectivity index (χ4v) is 3.32. The summed E-state index contributed by atoms with van der Waals surface area (Å²) in [5, 5.41) is 14.0. The first-order valence-corrected chi connectivity index (χ1v) is 9.73. The summed E-state index contributed by atoms with van der Waals surface area (Å²) in [5.74, 6) is 1.27. The summed E-state index contributed by atoms with van der Waals surface area (Å²) < 4.78 is 21.7. The van der Waals surface area contributed by atoms with Crippen LogP contribution in [0.25, 0.3) is 0 Å². The minimum Gasteiger partial charge on any atom is -0.496 e. The molecule has 0 saturated carbocycles. The summed E-state index contributed by atoms with van der Waals surface area (Å²) in [7, 11) is 1.51. The molecule has 0 spiro atoms. The number of rotatable bonds is 7. The minimum atomic E-state index is -0.461. The first-order chi connectivity index (χ1) is 15.5. The fourth-order valence-electron chi connectivity index (χ4n) is 3.32. The van der Waals surface area contributed by atoms with Crippen molar-refractivity contribution in [2.24, 2.45) is 0 Å². The van der Waals surface area contributed by atoms with E-state index in [4.69, 9.17) is 18.9 Å². The zero-order chi connectivity index (χ0) is 22.5. The van der Waals surface area contributed by atoms with Crippen LogP contribution >= 0.6 is 0 Å². The first kappa shape index (κ1) is 21.1. The molecule has 32 heavy (non-hydrogen) atoms. The van der Waals surface area contributed by atoms with E-state index in [2.05, 4.69) is 5.32 Å². The van der Waals surface area contributed by atoms with Gasteiger partial charge in [0.15, 0.2) is 6.79 Å². The monoisotopic (exact) mass is 436 g/mol. The van der Waals surface area contributed by atoms with Crippen molar-refractivity contribution in [1.29, 1.82) is 0 Å². The van der Waals surface area contributed by atoms with Crippen LogP contribution in [0.3, 0.4) is 0 Å². The topological polar surface area (TPSA) is 109 Å². The average molecular weight is 436 g/mol. The summed E-state index contributed by atoms with van der Waals surface area (Å²) in [4.78, 5) is 23.3. The zero-order valence-corrected chi connectivity index (χ0v) is 17.2. The molecule has 1 heterocycles. The van der Waals surface area contributed by atoms with Crippen LogP contribution in [0, 0.1) is 10.1 Å². The molecule has 1 N–H and O–H groups in total. The maximum absolute atomic E-state index is 12.5. The lowest BCUT2D eigenvalue weighted by Gasteiger charge is -2.20. The number of benzene rings is 3. The second kappa shape index (κ2) is 9.36. The van der Waals surface area contributed by atoms with E-state index < -0.39 is 4.92 Å². The predicted octanol–water partition coefficient (Wildman–Crippen LogP) is 4.30. The van der Waals surface area contributed by atoms with Gasteiger partial charge in [-0.1, -0.05) is 12.1 Å². The number of anilines is 1. The number of non-ortho nitro benzene ring substituents is 1. The number of para-hydroxylation sites is 1. The third-order valence-corrected chi connectivity index (χ3v) is 4.84. The Hall–Kier alpha value is -4.11. The highest BCUT2D eigenvalue weighted by Crippen LogP contribution is 2.33. The van der Waals surface area contributed by atoms with E-state index in [-0.39, 0.29) is 31.6 Å². The molecule has 1 amide bonds. The lowest BCUT2D eigenvalue weighted by molar-refractivity contribution is -0.385. The fraction of sp³-hybridized carbons (Fsp3) is 0.174. The van der Waals surface area contributed by atoms with Crippen LogP contribution in [0.5, 0.6) is 17.2 Å². The molecule has 9 heteroatoms. The van der Waals surface area contributed by atoms with Gasteiger partial charge in [-0.3, -0.25) is 14.9 Å². The van der Waals surface area contributed by atoms with Gasteiger partial charge in [-0.25, -0.2) is 0 Å². The zero-order valence-electron chi connectivity index (χ0n) is 17.2. The van der Waals surface area contributed by atoms with Gasteiger partial charge in [-0.05, 0) is 36.4 Å². The Bertz CT molecular complexity index is 1150. The van der Waals surface area contributed by atoms with Crippen molar-refractivity contribution in [1.82, 2.24) is 0 Å². The molecular formula is C23H20N2O7. The number of carbonyl (C=O) groups excluding carboxylic acids is 1. The smallest absolute Gasteiger partial charge is 0.270 e. The van der Waals surface area contributed by atoms with Gasteiger partial charge in [-0.2, -0.15) is 0 Å². The van der Waals surface area contributed by atoms with Gasteiger partial charge in [0.25, 0.3) is 11.6 Å². The van der Waals surface area contributed by atoms with Crippen LogP contribution in [0.1, 0.15) is 21.5 Å². The van der Waals surface area contributed by atoms with E-state index in [1.165, 1.54) is 19.2 Å². The molecule has 0 fully saturated rings. The number of nitrogens with zero attached hydrogens (tertiary/aromatic N) is 1. The number of carbonyl (C=O) groups is 1.